The van der Waals surface area contributed by atoms with E-state index in [9.17, 15) is 15.0 Å². The maximum absolute atomic E-state index is 13.1. The summed E-state index contributed by atoms with van der Waals surface area (Å²) < 4.78 is 32.6. The number of phenolic OH excluding ortho intramolecular Hbond substituents is 1. The first-order valence-corrected chi connectivity index (χ1v) is 15.9. The number of unbranched alkanes of at least 4 members (excludes halogenated alkanes) is 2. The van der Waals surface area contributed by atoms with Crippen molar-refractivity contribution in [2.24, 2.45) is 0 Å². The molecule has 0 amide bonds. The molecule has 45 heavy (non-hydrogen) atoms. The summed E-state index contributed by atoms with van der Waals surface area (Å²) in [6.45, 7) is 6.00. The zero-order chi connectivity index (χ0) is 32.6. The van der Waals surface area contributed by atoms with Crippen LogP contribution in [0.4, 0.5) is 0 Å². The van der Waals surface area contributed by atoms with Gasteiger partial charge in [0.1, 0.15) is 6.10 Å². The monoisotopic (exact) mass is 632 g/mol. The van der Waals surface area contributed by atoms with E-state index in [2.05, 4.69) is 9.80 Å². The molecule has 1 atom stereocenters. The van der Waals surface area contributed by atoms with Gasteiger partial charge in [0.15, 0.2) is 23.0 Å². The fraction of sp³-hybridized carbons (Fsp3) is 0.618. The number of aryl methyl sites for hydroxylation is 1. The van der Waals surface area contributed by atoms with Crippen LogP contribution in [0.15, 0.2) is 24.3 Å². The zero-order valence-corrected chi connectivity index (χ0v) is 27.6. The first kappa shape index (κ1) is 36.1. The van der Waals surface area contributed by atoms with Crippen molar-refractivity contribution in [2.45, 2.75) is 57.5 Å². The van der Waals surface area contributed by atoms with Gasteiger partial charge in [-0.2, -0.15) is 0 Å². The van der Waals surface area contributed by atoms with Crippen molar-refractivity contribution in [3.8, 4) is 34.5 Å². The molecule has 0 bridgehead atoms. The molecule has 0 aliphatic carbocycles. The Kier molecular flexibility index (Phi) is 15.4. The van der Waals surface area contributed by atoms with Gasteiger partial charge >= 0.3 is 5.97 Å². The number of aromatic hydroxyl groups is 1. The number of hydrogen-bond donors (Lipinski definition) is 2. The van der Waals surface area contributed by atoms with Crippen molar-refractivity contribution in [1.29, 1.82) is 0 Å². The lowest BCUT2D eigenvalue weighted by atomic mass is 10.1. The van der Waals surface area contributed by atoms with Crippen LogP contribution in [0.25, 0.3) is 0 Å². The normalized spacial score (nSPS) is 14.8. The second-order valence-corrected chi connectivity index (χ2v) is 11.3. The van der Waals surface area contributed by atoms with Crippen LogP contribution in [0.2, 0.25) is 0 Å². The summed E-state index contributed by atoms with van der Waals surface area (Å²) in [6.07, 6.45) is 6.79. The maximum Gasteiger partial charge on any atom is 0.338 e. The van der Waals surface area contributed by atoms with Crippen LogP contribution in [0.5, 0.6) is 34.5 Å². The molecule has 1 fully saturated rings. The molecule has 0 spiro atoms. The number of aliphatic hydroxyl groups is 1. The van der Waals surface area contributed by atoms with Crippen molar-refractivity contribution in [2.75, 3.05) is 81.4 Å². The van der Waals surface area contributed by atoms with E-state index >= 15 is 0 Å². The average molecular weight is 633 g/mol. The number of carbonyl (C=O) groups is 1. The Bertz CT molecular complexity index is 1170. The molecular formula is C34H52N2O9. The molecule has 3 rings (SSSR count). The third-order valence-electron chi connectivity index (χ3n) is 8.27. The minimum absolute atomic E-state index is 0.0493. The topological polar surface area (TPSA) is 119 Å². The minimum Gasteiger partial charge on any atom is -0.504 e. The van der Waals surface area contributed by atoms with E-state index in [1.165, 1.54) is 28.4 Å². The van der Waals surface area contributed by atoms with E-state index in [0.717, 1.165) is 76.9 Å². The summed E-state index contributed by atoms with van der Waals surface area (Å²) in [5, 5.41) is 19.6. The third-order valence-corrected chi connectivity index (χ3v) is 8.27. The van der Waals surface area contributed by atoms with Gasteiger partial charge in [0.25, 0.3) is 0 Å². The van der Waals surface area contributed by atoms with Gasteiger partial charge in [0.05, 0.1) is 41.1 Å². The first-order chi connectivity index (χ1) is 21.9. The lowest BCUT2D eigenvalue weighted by Crippen LogP contribution is -2.33. The van der Waals surface area contributed by atoms with Gasteiger partial charge in [-0.25, -0.2) is 4.79 Å². The zero-order valence-electron chi connectivity index (χ0n) is 27.6. The number of esters is 1. The summed E-state index contributed by atoms with van der Waals surface area (Å²) in [6, 6.07) is 6.88. The van der Waals surface area contributed by atoms with Crippen LogP contribution in [0.1, 0.15) is 60.9 Å². The summed E-state index contributed by atoms with van der Waals surface area (Å²) in [5.74, 6) is 1.77. The molecule has 252 valence electrons. The fourth-order valence-electron chi connectivity index (χ4n) is 5.78. The van der Waals surface area contributed by atoms with Crippen LogP contribution in [0, 0.1) is 0 Å². The van der Waals surface area contributed by atoms with E-state index in [4.69, 9.17) is 28.4 Å². The van der Waals surface area contributed by atoms with Gasteiger partial charge in [-0.15, -0.1) is 0 Å². The van der Waals surface area contributed by atoms with Gasteiger partial charge in [0, 0.05) is 26.2 Å². The van der Waals surface area contributed by atoms with Crippen LogP contribution in [-0.4, -0.2) is 114 Å². The number of aliphatic hydroxyl groups excluding tert-OH is 1. The lowest BCUT2D eigenvalue weighted by Gasteiger charge is -2.24. The molecule has 0 aromatic heterocycles. The first-order valence-electron chi connectivity index (χ1n) is 15.9. The molecule has 11 nitrogen and oxygen atoms in total. The van der Waals surface area contributed by atoms with E-state index in [1.807, 2.05) is 6.07 Å². The number of rotatable bonds is 19. The highest BCUT2D eigenvalue weighted by Gasteiger charge is 2.22. The summed E-state index contributed by atoms with van der Waals surface area (Å²) in [7, 11) is 7.63. The highest BCUT2D eigenvalue weighted by molar-refractivity contribution is 5.91. The Labute approximate surface area is 267 Å². The number of methoxy groups -OCH3 is 5. The number of carbonyl (C=O) groups excluding carboxylic acids is 1. The molecule has 1 aliphatic heterocycles. The van der Waals surface area contributed by atoms with Gasteiger partial charge < -0.3 is 48.4 Å². The smallest absolute Gasteiger partial charge is 0.338 e. The third kappa shape index (κ3) is 10.9. The number of benzene rings is 2. The van der Waals surface area contributed by atoms with Crippen LogP contribution in [0.3, 0.4) is 0 Å². The Hall–Kier alpha value is -3.41. The molecule has 1 unspecified atom stereocenters. The van der Waals surface area contributed by atoms with Gasteiger partial charge in [-0.3, -0.25) is 0 Å². The molecule has 0 radical (unpaired) electrons. The van der Waals surface area contributed by atoms with Crippen LogP contribution < -0.4 is 23.7 Å². The van der Waals surface area contributed by atoms with Gasteiger partial charge in [-0.05, 0) is 94.4 Å². The number of nitrogens with zero attached hydrogens (tertiary/aromatic N) is 2. The molecule has 2 aromatic rings. The molecule has 11 heteroatoms. The van der Waals surface area contributed by atoms with Crippen molar-refractivity contribution in [1.82, 2.24) is 9.80 Å². The summed E-state index contributed by atoms with van der Waals surface area (Å²) in [4.78, 5) is 18.1. The van der Waals surface area contributed by atoms with Crippen molar-refractivity contribution < 1.29 is 43.4 Å². The quantitative estimate of drug-likeness (QED) is 0.168. The predicted octanol–water partition coefficient (Wildman–Crippen LogP) is 4.54. The van der Waals surface area contributed by atoms with E-state index in [1.54, 1.807) is 25.3 Å². The summed E-state index contributed by atoms with van der Waals surface area (Å²) >= 11 is 0. The molecule has 2 aromatic carbocycles. The number of phenols is 1. The molecule has 1 saturated heterocycles. The molecule has 2 N–H and O–H groups in total. The standard InChI is InChI=1S/C34H52N2O9/c1-40-29-22-25(21-28(38)32(29)43-4)11-7-6-8-14-35-15-10-16-36(19-18-35)17-13-27(12-9-20-37)45-34(39)26-23-30(41-2)33(44-5)31(24-26)42-3/h21-24,27,37-38H,6-20H2,1-5H3. The number of hydrogen-bond acceptors (Lipinski definition) is 11. The van der Waals surface area contributed by atoms with Gasteiger partial charge in [-0.1, -0.05) is 6.42 Å². The molecule has 1 aliphatic rings. The Morgan fingerprint density at radius 1 is 0.733 bits per heavy atom. The van der Waals surface area contributed by atoms with Crippen LogP contribution in [-0.2, 0) is 11.2 Å². The second kappa shape index (κ2) is 19.2. The number of ether oxygens (including phenoxy) is 6. The minimum atomic E-state index is -0.456. The van der Waals surface area contributed by atoms with E-state index in [-0.39, 0.29) is 18.5 Å². The Morgan fingerprint density at radius 2 is 1.36 bits per heavy atom. The molecule has 1 heterocycles. The second-order valence-electron chi connectivity index (χ2n) is 11.3. The lowest BCUT2D eigenvalue weighted by molar-refractivity contribution is 0.0218. The van der Waals surface area contributed by atoms with Crippen molar-refractivity contribution in [3.63, 3.8) is 0 Å². The largest absolute Gasteiger partial charge is 0.504 e. The van der Waals surface area contributed by atoms with E-state index in [0.29, 0.717) is 53.6 Å². The average Bonchev–Trinajstić information content (AvgIpc) is 3.29. The van der Waals surface area contributed by atoms with Gasteiger partial charge in [0.2, 0.25) is 11.5 Å². The Balaban J connectivity index is 1.44. The fourth-order valence-corrected chi connectivity index (χ4v) is 5.78. The molecule has 0 saturated carbocycles. The SMILES string of the molecule is COc1cc(CCCCCN2CCCN(CCC(CCCO)OC(=O)c3cc(OC)c(OC)c(OC)c3)CC2)cc(O)c1OC. The molecular weight excluding hydrogens is 580 g/mol. The Morgan fingerprint density at radius 3 is 1.96 bits per heavy atom. The van der Waals surface area contributed by atoms with E-state index < -0.39 is 5.97 Å². The summed E-state index contributed by atoms with van der Waals surface area (Å²) in [5.41, 5.74) is 1.37. The van der Waals surface area contributed by atoms with Crippen molar-refractivity contribution >= 4 is 5.97 Å². The maximum atomic E-state index is 13.1. The van der Waals surface area contributed by atoms with Crippen LogP contribution >= 0.6 is 0 Å². The highest BCUT2D eigenvalue weighted by Crippen LogP contribution is 2.39. The highest BCUT2D eigenvalue weighted by atomic mass is 16.5. The predicted molar refractivity (Wildman–Crippen MR) is 173 cm³/mol. The van der Waals surface area contributed by atoms with Crippen molar-refractivity contribution in [3.05, 3.63) is 35.4 Å².